The summed E-state index contributed by atoms with van der Waals surface area (Å²) in [4.78, 5) is 28.1. The van der Waals surface area contributed by atoms with E-state index in [1.807, 2.05) is 6.92 Å². The fourth-order valence-corrected chi connectivity index (χ4v) is 2.15. The number of rotatable bonds is 8. The van der Waals surface area contributed by atoms with Crippen molar-refractivity contribution in [3.63, 3.8) is 0 Å². The number of hydrogen-bond donors (Lipinski definition) is 3. The Labute approximate surface area is 146 Å². The van der Waals surface area contributed by atoms with Crippen molar-refractivity contribution in [2.24, 2.45) is 0 Å². The van der Waals surface area contributed by atoms with Crippen LogP contribution in [0.15, 0.2) is 42.6 Å². The van der Waals surface area contributed by atoms with Gasteiger partial charge in [0.15, 0.2) is 0 Å². The average Bonchev–Trinajstić information content (AvgIpc) is 2.62. The molecule has 0 spiro atoms. The van der Waals surface area contributed by atoms with Gasteiger partial charge in [-0.15, -0.1) is 0 Å². The summed E-state index contributed by atoms with van der Waals surface area (Å²) in [6.07, 6.45) is 2.14. The van der Waals surface area contributed by atoms with Gasteiger partial charge in [-0.05, 0) is 43.7 Å². The normalized spacial score (nSPS) is 10.1. The average molecular weight is 343 g/mol. The lowest BCUT2D eigenvalue weighted by Gasteiger charge is -2.10. The lowest BCUT2D eigenvalue weighted by molar-refractivity contribution is 0.0948. The zero-order valence-electron chi connectivity index (χ0n) is 14.0. The van der Waals surface area contributed by atoms with E-state index in [0.717, 1.165) is 0 Å². The molecule has 1 aromatic carbocycles. The Morgan fingerprint density at radius 2 is 1.88 bits per heavy atom. The largest absolute Gasteiger partial charge is 0.508 e. The van der Waals surface area contributed by atoms with Crippen molar-refractivity contribution in [3.05, 3.63) is 53.7 Å². The molecule has 0 radical (unpaired) electrons. The van der Waals surface area contributed by atoms with Crippen LogP contribution in [0.5, 0.6) is 11.6 Å². The van der Waals surface area contributed by atoms with Gasteiger partial charge in [0.25, 0.3) is 11.8 Å². The minimum atomic E-state index is -0.270. The summed E-state index contributed by atoms with van der Waals surface area (Å²) in [6.45, 7) is 3.06. The fraction of sp³-hybridized carbons (Fsp3) is 0.278. The quantitative estimate of drug-likeness (QED) is 0.634. The predicted octanol–water partition coefficient (Wildman–Crippen LogP) is 1.74. The lowest BCUT2D eigenvalue weighted by Crippen LogP contribution is -2.30. The molecule has 132 valence electrons. The molecule has 0 saturated carbocycles. The van der Waals surface area contributed by atoms with E-state index in [-0.39, 0.29) is 17.6 Å². The summed E-state index contributed by atoms with van der Waals surface area (Å²) < 4.78 is 5.33. The molecule has 1 heterocycles. The van der Waals surface area contributed by atoms with E-state index in [0.29, 0.717) is 43.1 Å². The maximum atomic E-state index is 12.2. The Bertz CT molecular complexity index is 734. The molecule has 0 fully saturated rings. The van der Waals surface area contributed by atoms with Gasteiger partial charge in [0.2, 0.25) is 5.88 Å². The van der Waals surface area contributed by atoms with E-state index < -0.39 is 0 Å². The van der Waals surface area contributed by atoms with Gasteiger partial charge in [-0.2, -0.15) is 0 Å². The first kappa shape index (κ1) is 18.3. The first-order chi connectivity index (χ1) is 12.1. The first-order valence-corrected chi connectivity index (χ1v) is 8.05. The molecule has 0 aliphatic heterocycles. The van der Waals surface area contributed by atoms with E-state index in [1.165, 1.54) is 12.1 Å². The van der Waals surface area contributed by atoms with Crippen LogP contribution in [0.1, 0.15) is 34.1 Å². The van der Waals surface area contributed by atoms with E-state index in [1.54, 1.807) is 30.5 Å². The highest BCUT2D eigenvalue weighted by Crippen LogP contribution is 2.14. The van der Waals surface area contributed by atoms with Crippen LogP contribution >= 0.6 is 0 Å². The molecule has 0 atom stereocenters. The second kappa shape index (κ2) is 9.27. The highest BCUT2D eigenvalue weighted by atomic mass is 16.5. The minimum Gasteiger partial charge on any atom is -0.508 e. The maximum absolute atomic E-state index is 12.2. The summed E-state index contributed by atoms with van der Waals surface area (Å²) in [5.41, 5.74) is 0.772. The zero-order valence-corrected chi connectivity index (χ0v) is 14.0. The van der Waals surface area contributed by atoms with E-state index in [4.69, 9.17) is 4.74 Å². The number of nitrogens with zero attached hydrogens (tertiary/aromatic N) is 1. The van der Waals surface area contributed by atoms with Gasteiger partial charge in [0, 0.05) is 24.8 Å². The molecule has 0 unspecified atom stereocenters. The standard InChI is InChI=1S/C18H21N3O4/c1-2-25-18-15(8-4-9-21-18)17(24)20-11-5-10-19-16(23)13-6-3-7-14(22)12-13/h3-4,6-9,12,22H,2,5,10-11H2,1H3,(H,19,23)(H,20,24). The molecule has 1 aromatic heterocycles. The number of carbonyl (C=O) groups excluding carboxylic acids is 2. The highest BCUT2D eigenvalue weighted by Gasteiger charge is 2.12. The number of aromatic nitrogens is 1. The van der Waals surface area contributed by atoms with Crippen LogP contribution in [0.2, 0.25) is 0 Å². The summed E-state index contributed by atoms with van der Waals surface area (Å²) in [5.74, 6) is -0.190. The molecule has 7 nitrogen and oxygen atoms in total. The number of aromatic hydroxyl groups is 1. The number of carbonyl (C=O) groups is 2. The Kier molecular flexibility index (Phi) is 6.76. The van der Waals surface area contributed by atoms with Crippen LogP contribution in [0.4, 0.5) is 0 Å². The first-order valence-electron chi connectivity index (χ1n) is 8.05. The molecule has 2 aromatic rings. The maximum Gasteiger partial charge on any atom is 0.256 e. The van der Waals surface area contributed by atoms with Crippen molar-refractivity contribution in [3.8, 4) is 11.6 Å². The monoisotopic (exact) mass is 343 g/mol. The van der Waals surface area contributed by atoms with Crippen LogP contribution in [0, 0.1) is 0 Å². The van der Waals surface area contributed by atoms with Crippen molar-refractivity contribution in [1.82, 2.24) is 15.6 Å². The second-order valence-corrected chi connectivity index (χ2v) is 5.20. The Morgan fingerprint density at radius 3 is 2.60 bits per heavy atom. The van der Waals surface area contributed by atoms with Crippen LogP contribution in [-0.2, 0) is 0 Å². The van der Waals surface area contributed by atoms with Gasteiger partial charge in [0.1, 0.15) is 11.3 Å². The van der Waals surface area contributed by atoms with Crippen molar-refractivity contribution in [1.29, 1.82) is 0 Å². The van der Waals surface area contributed by atoms with Crippen LogP contribution in [0.25, 0.3) is 0 Å². The second-order valence-electron chi connectivity index (χ2n) is 5.20. The Morgan fingerprint density at radius 1 is 1.12 bits per heavy atom. The third-order valence-corrected chi connectivity index (χ3v) is 3.33. The smallest absolute Gasteiger partial charge is 0.256 e. The predicted molar refractivity (Wildman–Crippen MR) is 92.8 cm³/mol. The number of ether oxygens (including phenoxy) is 1. The molecule has 3 N–H and O–H groups in total. The number of pyridine rings is 1. The molecule has 2 amide bonds. The molecule has 0 saturated heterocycles. The summed E-state index contributed by atoms with van der Waals surface area (Å²) in [5, 5.41) is 14.9. The van der Waals surface area contributed by atoms with Gasteiger partial charge >= 0.3 is 0 Å². The van der Waals surface area contributed by atoms with Crippen LogP contribution < -0.4 is 15.4 Å². The minimum absolute atomic E-state index is 0.0430. The van der Waals surface area contributed by atoms with Gasteiger partial charge in [-0.1, -0.05) is 6.07 Å². The Hall–Kier alpha value is -3.09. The molecule has 0 aliphatic rings. The number of phenols is 1. The van der Waals surface area contributed by atoms with Gasteiger partial charge in [0.05, 0.1) is 6.61 Å². The number of amides is 2. The molecular weight excluding hydrogens is 322 g/mol. The van der Waals surface area contributed by atoms with E-state index in [9.17, 15) is 14.7 Å². The van der Waals surface area contributed by atoms with Crippen molar-refractivity contribution < 1.29 is 19.4 Å². The van der Waals surface area contributed by atoms with Gasteiger partial charge < -0.3 is 20.5 Å². The third-order valence-electron chi connectivity index (χ3n) is 3.33. The number of hydrogen-bond acceptors (Lipinski definition) is 5. The number of benzene rings is 1. The Balaban J connectivity index is 1.74. The SMILES string of the molecule is CCOc1ncccc1C(=O)NCCCNC(=O)c1cccc(O)c1. The topological polar surface area (TPSA) is 101 Å². The van der Waals surface area contributed by atoms with Crippen molar-refractivity contribution in [2.45, 2.75) is 13.3 Å². The van der Waals surface area contributed by atoms with Crippen LogP contribution in [0.3, 0.4) is 0 Å². The zero-order chi connectivity index (χ0) is 18.1. The molecule has 7 heteroatoms. The van der Waals surface area contributed by atoms with E-state index in [2.05, 4.69) is 15.6 Å². The summed E-state index contributed by atoms with van der Waals surface area (Å²) >= 11 is 0. The molecule has 0 bridgehead atoms. The fourth-order valence-electron chi connectivity index (χ4n) is 2.15. The molecular formula is C18H21N3O4. The van der Waals surface area contributed by atoms with Gasteiger partial charge in [-0.25, -0.2) is 4.98 Å². The highest BCUT2D eigenvalue weighted by molar-refractivity contribution is 5.96. The van der Waals surface area contributed by atoms with Crippen molar-refractivity contribution >= 4 is 11.8 Å². The molecule has 2 rings (SSSR count). The number of phenolic OH excluding ortho intramolecular Hbond substituents is 1. The molecule has 0 aliphatic carbocycles. The lowest BCUT2D eigenvalue weighted by atomic mass is 10.2. The van der Waals surface area contributed by atoms with Crippen molar-refractivity contribution in [2.75, 3.05) is 19.7 Å². The summed E-state index contributed by atoms with van der Waals surface area (Å²) in [6, 6.07) is 9.45. The molecule has 25 heavy (non-hydrogen) atoms. The number of nitrogens with one attached hydrogen (secondary N) is 2. The van der Waals surface area contributed by atoms with Gasteiger partial charge in [-0.3, -0.25) is 9.59 Å². The summed E-state index contributed by atoms with van der Waals surface area (Å²) in [7, 11) is 0. The third kappa shape index (κ3) is 5.49. The van der Waals surface area contributed by atoms with E-state index >= 15 is 0 Å². The van der Waals surface area contributed by atoms with Crippen LogP contribution in [-0.4, -0.2) is 41.6 Å².